The molecule has 2 saturated heterocycles. The normalized spacial score (nSPS) is 24.9. The predicted molar refractivity (Wildman–Crippen MR) is 94.6 cm³/mol. The molecule has 6 heteroatoms. The van der Waals surface area contributed by atoms with Gasteiger partial charge in [0.1, 0.15) is 11.4 Å². The first-order valence-corrected chi connectivity index (χ1v) is 9.13. The number of likely N-dealkylation sites (tertiary alicyclic amines) is 1. The Labute approximate surface area is 149 Å². The maximum Gasteiger partial charge on any atom is 0.226 e. The summed E-state index contributed by atoms with van der Waals surface area (Å²) in [6, 6.07) is 9.48. The van der Waals surface area contributed by atoms with Gasteiger partial charge in [0, 0.05) is 13.1 Å². The summed E-state index contributed by atoms with van der Waals surface area (Å²) in [6.45, 7) is 4.53. The van der Waals surface area contributed by atoms with Crippen molar-refractivity contribution in [2.24, 2.45) is 0 Å². The van der Waals surface area contributed by atoms with Gasteiger partial charge < -0.3 is 24.4 Å². The molecule has 2 heterocycles. The number of nitrogens with zero attached hydrogens (tertiary/aromatic N) is 2. The maximum atomic E-state index is 12.5. The van der Waals surface area contributed by atoms with E-state index in [9.17, 15) is 9.90 Å². The van der Waals surface area contributed by atoms with Crippen LogP contribution in [0.4, 0.5) is 0 Å². The highest BCUT2D eigenvalue weighted by Crippen LogP contribution is 2.18. The molecule has 2 fully saturated rings. The number of benzene rings is 1. The number of para-hydroxylation sites is 1. The molecule has 1 aromatic carbocycles. The lowest BCUT2D eigenvalue weighted by atomic mass is 10.0. The summed E-state index contributed by atoms with van der Waals surface area (Å²) in [5, 5.41) is 10.9. The van der Waals surface area contributed by atoms with Gasteiger partial charge in [-0.25, -0.2) is 0 Å². The molecule has 1 atom stereocenters. The highest BCUT2D eigenvalue weighted by molar-refractivity contribution is 5.76. The van der Waals surface area contributed by atoms with E-state index in [2.05, 4.69) is 4.90 Å². The van der Waals surface area contributed by atoms with Gasteiger partial charge >= 0.3 is 0 Å². The van der Waals surface area contributed by atoms with Crippen LogP contribution in [-0.4, -0.2) is 79.0 Å². The Morgan fingerprint density at radius 3 is 2.72 bits per heavy atom. The highest BCUT2D eigenvalue weighted by atomic mass is 16.5. The number of amides is 1. The second-order valence-electron chi connectivity index (χ2n) is 6.99. The van der Waals surface area contributed by atoms with E-state index >= 15 is 0 Å². The van der Waals surface area contributed by atoms with Crippen LogP contribution in [0, 0.1) is 0 Å². The number of hydrogen-bond donors (Lipinski definition) is 1. The molecule has 6 nitrogen and oxygen atoms in total. The highest BCUT2D eigenvalue weighted by Gasteiger charge is 2.36. The smallest absolute Gasteiger partial charge is 0.226 e. The summed E-state index contributed by atoms with van der Waals surface area (Å²) >= 11 is 0. The van der Waals surface area contributed by atoms with Crippen molar-refractivity contribution in [1.29, 1.82) is 0 Å². The van der Waals surface area contributed by atoms with Crippen LogP contribution in [-0.2, 0) is 9.53 Å². The summed E-state index contributed by atoms with van der Waals surface area (Å²) in [6.07, 6.45) is 2.65. The molecule has 25 heavy (non-hydrogen) atoms. The minimum atomic E-state index is -0.989. The topological polar surface area (TPSA) is 62.2 Å². The van der Waals surface area contributed by atoms with Gasteiger partial charge in [-0.15, -0.1) is 0 Å². The van der Waals surface area contributed by atoms with Crippen molar-refractivity contribution >= 4 is 5.91 Å². The fourth-order valence-electron chi connectivity index (χ4n) is 3.51. The lowest BCUT2D eigenvalue weighted by molar-refractivity contribution is -0.135. The maximum absolute atomic E-state index is 12.5. The molecule has 0 aromatic heterocycles. The summed E-state index contributed by atoms with van der Waals surface area (Å²) in [4.78, 5) is 16.5. The third-order valence-electron chi connectivity index (χ3n) is 4.76. The molecule has 0 radical (unpaired) electrons. The number of β-amino-alcohol motifs (C(OH)–C–C–N with tert-alkyl or cyclic N) is 1. The van der Waals surface area contributed by atoms with E-state index < -0.39 is 5.60 Å². The van der Waals surface area contributed by atoms with E-state index in [-0.39, 0.29) is 12.5 Å². The van der Waals surface area contributed by atoms with Crippen LogP contribution >= 0.6 is 0 Å². The minimum absolute atomic E-state index is 0.00118. The number of carbonyl (C=O) groups is 1. The predicted octanol–water partition coefficient (Wildman–Crippen LogP) is 1.14. The number of rotatable bonds is 6. The average Bonchev–Trinajstić information content (AvgIpc) is 3.03. The number of hydrogen-bond acceptors (Lipinski definition) is 5. The summed E-state index contributed by atoms with van der Waals surface area (Å²) < 4.78 is 11.2. The monoisotopic (exact) mass is 348 g/mol. The van der Waals surface area contributed by atoms with Crippen molar-refractivity contribution < 1.29 is 19.4 Å². The molecule has 0 saturated carbocycles. The Balaban J connectivity index is 1.50. The molecule has 1 N–H and O–H groups in total. The minimum Gasteiger partial charge on any atom is -0.493 e. The van der Waals surface area contributed by atoms with E-state index in [0.717, 1.165) is 18.8 Å². The zero-order valence-corrected chi connectivity index (χ0v) is 14.7. The van der Waals surface area contributed by atoms with Gasteiger partial charge in [0.15, 0.2) is 0 Å². The third kappa shape index (κ3) is 5.42. The quantitative estimate of drug-likeness (QED) is 0.835. The Morgan fingerprint density at radius 2 is 1.96 bits per heavy atom. The first kappa shape index (κ1) is 18.2. The molecule has 1 unspecified atom stereocenters. The Hall–Kier alpha value is -1.63. The Kier molecular flexibility index (Phi) is 6.29. The number of ether oxygens (including phenoxy) is 2. The van der Waals surface area contributed by atoms with Crippen molar-refractivity contribution in [3.8, 4) is 5.75 Å². The molecule has 1 amide bonds. The van der Waals surface area contributed by atoms with E-state index in [4.69, 9.17) is 9.47 Å². The molecule has 1 aromatic rings. The van der Waals surface area contributed by atoms with Crippen molar-refractivity contribution in [1.82, 2.24) is 9.80 Å². The van der Waals surface area contributed by atoms with Crippen LogP contribution in [0.3, 0.4) is 0 Å². The van der Waals surface area contributed by atoms with E-state index in [0.29, 0.717) is 39.3 Å². The molecule has 3 rings (SSSR count). The van der Waals surface area contributed by atoms with Crippen molar-refractivity contribution in [2.45, 2.75) is 24.9 Å². The van der Waals surface area contributed by atoms with Gasteiger partial charge in [-0.1, -0.05) is 18.2 Å². The zero-order valence-electron chi connectivity index (χ0n) is 14.7. The molecule has 0 spiro atoms. The second kappa shape index (κ2) is 8.65. The van der Waals surface area contributed by atoms with Gasteiger partial charge in [-0.3, -0.25) is 4.79 Å². The summed E-state index contributed by atoms with van der Waals surface area (Å²) in [5.74, 6) is 0.765. The number of carbonyl (C=O) groups excluding carboxylic acids is 1. The molecule has 2 aliphatic rings. The van der Waals surface area contributed by atoms with E-state index in [1.165, 1.54) is 12.8 Å². The van der Waals surface area contributed by atoms with Crippen LogP contribution in [0.2, 0.25) is 0 Å². The second-order valence-corrected chi connectivity index (χ2v) is 6.99. The fraction of sp³-hybridized carbons (Fsp3) is 0.632. The Bertz CT molecular complexity index is 548. The van der Waals surface area contributed by atoms with Gasteiger partial charge in [0.25, 0.3) is 0 Å². The molecule has 2 aliphatic heterocycles. The Morgan fingerprint density at radius 1 is 1.20 bits per heavy atom. The van der Waals surface area contributed by atoms with Gasteiger partial charge in [0.2, 0.25) is 5.91 Å². The van der Waals surface area contributed by atoms with Crippen molar-refractivity contribution in [2.75, 3.05) is 52.5 Å². The van der Waals surface area contributed by atoms with Crippen molar-refractivity contribution in [3.05, 3.63) is 30.3 Å². The summed E-state index contributed by atoms with van der Waals surface area (Å²) in [7, 11) is 0. The summed E-state index contributed by atoms with van der Waals surface area (Å²) in [5.41, 5.74) is -0.989. The standard InChI is InChI=1S/C19H28N2O4/c22-18(8-12-25-17-6-2-1-3-7-17)21-11-13-24-16-19(23,15-21)14-20-9-4-5-10-20/h1-3,6-7,23H,4-5,8-16H2. The molecule has 0 bridgehead atoms. The van der Waals surface area contributed by atoms with Crippen molar-refractivity contribution in [3.63, 3.8) is 0 Å². The van der Waals surface area contributed by atoms with E-state index in [1.54, 1.807) is 4.90 Å². The van der Waals surface area contributed by atoms with Crippen LogP contribution in [0.1, 0.15) is 19.3 Å². The van der Waals surface area contributed by atoms with Crippen LogP contribution in [0.5, 0.6) is 5.75 Å². The molecular formula is C19H28N2O4. The van der Waals surface area contributed by atoms with Gasteiger partial charge in [-0.05, 0) is 38.1 Å². The SMILES string of the molecule is O=C(CCOc1ccccc1)N1CCOCC(O)(CN2CCCC2)C1. The first-order valence-electron chi connectivity index (χ1n) is 9.13. The lowest BCUT2D eigenvalue weighted by Crippen LogP contribution is -2.53. The fourth-order valence-corrected chi connectivity index (χ4v) is 3.51. The van der Waals surface area contributed by atoms with Crippen LogP contribution in [0.15, 0.2) is 30.3 Å². The first-order chi connectivity index (χ1) is 12.1. The van der Waals surface area contributed by atoms with Crippen LogP contribution < -0.4 is 4.74 Å². The lowest BCUT2D eigenvalue weighted by Gasteiger charge is -2.34. The van der Waals surface area contributed by atoms with Gasteiger partial charge in [0.05, 0.1) is 32.8 Å². The zero-order chi connectivity index (χ0) is 17.5. The largest absolute Gasteiger partial charge is 0.493 e. The number of aliphatic hydroxyl groups is 1. The molecule has 138 valence electrons. The van der Waals surface area contributed by atoms with E-state index in [1.807, 2.05) is 30.3 Å². The molecular weight excluding hydrogens is 320 g/mol. The third-order valence-corrected chi connectivity index (χ3v) is 4.76. The van der Waals surface area contributed by atoms with Crippen LogP contribution in [0.25, 0.3) is 0 Å². The molecule has 0 aliphatic carbocycles. The van der Waals surface area contributed by atoms with Gasteiger partial charge in [-0.2, -0.15) is 0 Å². The average molecular weight is 348 g/mol.